The maximum absolute atomic E-state index is 12.0. The van der Waals surface area contributed by atoms with Gasteiger partial charge in [0.25, 0.3) is 0 Å². The molecule has 0 aliphatic heterocycles. The lowest BCUT2D eigenvalue weighted by molar-refractivity contribution is -0.123. The second kappa shape index (κ2) is 7.06. The highest BCUT2D eigenvalue weighted by molar-refractivity contribution is 7.10. The van der Waals surface area contributed by atoms with Gasteiger partial charge in [0, 0.05) is 17.5 Å². The number of unbranched alkanes of at least 4 members (excludes halogenated alkanes) is 1. The van der Waals surface area contributed by atoms with Crippen LogP contribution in [0.25, 0.3) is 0 Å². The van der Waals surface area contributed by atoms with Gasteiger partial charge in [0.05, 0.1) is 6.04 Å². The molecule has 2 rings (SSSR count). The van der Waals surface area contributed by atoms with Crippen LogP contribution in [0.1, 0.15) is 56.0 Å². The maximum atomic E-state index is 12.0. The largest absolute Gasteiger partial charge is 0.355 e. The molecular weight excluding hydrogens is 256 g/mol. The Bertz CT molecular complexity index is 416. The molecule has 2 unspecified atom stereocenters. The third-order valence-electron chi connectivity index (χ3n) is 3.73. The van der Waals surface area contributed by atoms with Crippen molar-refractivity contribution in [3.05, 3.63) is 21.9 Å². The number of hydrogen-bond donors (Lipinski definition) is 2. The normalized spacial score (nSPS) is 19.8. The van der Waals surface area contributed by atoms with Gasteiger partial charge in [0.1, 0.15) is 0 Å². The van der Waals surface area contributed by atoms with Gasteiger partial charge in [-0.25, -0.2) is 0 Å². The van der Waals surface area contributed by atoms with Gasteiger partial charge in [-0.2, -0.15) is 0 Å². The first-order chi connectivity index (χ1) is 9.22. The fourth-order valence-corrected chi connectivity index (χ4v) is 3.57. The average molecular weight is 280 g/mol. The predicted octanol–water partition coefficient (Wildman–Crippen LogP) is 3.02. The molecule has 2 atom stereocenters. The summed E-state index contributed by atoms with van der Waals surface area (Å²) in [6.07, 6.45) is 5.72. The van der Waals surface area contributed by atoms with Gasteiger partial charge in [-0.1, -0.05) is 13.3 Å². The number of rotatable bonds is 6. The summed E-state index contributed by atoms with van der Waals surface area (Å²) in [6, 6.07) is 2.44. The Morgan fingerprint density at radius 2 is 2.42 bits per heavy atom. The van der Waals surface area contributed by atoms with E-state index in [1.165, 1.54) is 23.3 Å². The van der Waals surface area contributed by atoms with Crippen molar-refractivity contribution in [2.75, 3.05) is 6.54 Å². The monoisotopic (exact) mass is 280 g/mol. The summed E-state index contributed by atoms with van der Waals surface area (Å²) in [5.41, 5.74) is 1.41. The van der Waals surface area contributed by atoms with Crippen molar-refractivity contribution in [1.29, 1.82) is 0 Å². The van der Waals surface area contributed by atoms with Crippen LogP contribution < -0.4 is 10.6 Å². The van der Waals surface area contributed by atoms with E-state index in [-0.39, 0.29) is 11.9 Å². The molecule has 1 aliphatic carbocycles. The second-order valence-electron chi connectivity index (χ2n) is 5.28. The van der Waals surface area contributed by atoms with Crippen LogP contribution in [0.3, 0.4) is 0 Å². The van der Waals surface area contributed by atoms with Gasteiger partial charge in [-0.05, 0) is 49.6 Å². The topological polar surface area (TPSA) is 41.1 Å². The number of carbonyl (C=O) groups is 1. The summed E-state index contributed by atoms with van der Waals surface area (Å²) < 4.78 is 0. The molecule has 2 N–H and O–H groups in total. The molecule has 0 saturated carbocycles. The molecule has 0 radical (unpaired) electrons. The Kier molecular flexibility index (Phi) is 5.40. The smallest absolute Gasteiger partial charge is 0.236 e. The third-order valence-corrected chi connectivity index (χ3v) is 4.72. The minimum Gasteiger partial charge on any atom is -0.355 e. The number of amides is 1. The van der Waals surface area contributed by atoms with Crippen molar-refractivity contribution in [3.8, 4) is 0 Å². The van der Waals surface area contributed by atoms with E-state index < -0.39 is 0 Å². The molecule has 1 aromatic heterocycles. The van der Waals surface area contributed by atoms with Crippen molar-refractivity contribution in [2.45, 2.75) is 58.0 Å². The number of carbonyl (C=O) groups excluding carboxylic acids is 1. The molecule has 3 nitrogen and oxygen atoms in total. The van der Waals surface area contributed by atoms with Crippen molar-refractivity contribution >= 4 is 17.2 Å². The molecule has 1 aromatic rings. The summed E-state index contributed by atoms with van der Waals surface area (Å²) in [5.74, 6) is 0.121. The minimum absolute atomic E-state index is 0.118. The molecule has 19 heavy (non-hydrogen) atoms. The van der Waals surface area contributed by atoms with E-state index in [1.54, 1.807) is 0 Å². The third kappa shape index (κ3) is 3.80. The first-order valence-electron chi connectivity index (χ1n) is 7.32. The number of aryl methyl sites for hydroxylation is 1. The molecule has 106 valence electrons. The average Bonchev–Trinajstić information content (AvgIpc) is 2.88. The summed E-state index contributed by atoms with van der Waals surface area (Å²) in [7, 11) is 0. The highest BCUT2D eigenvalue weighted by Gasteiger charge is 2.24. The van der Waals surface area contributed by atoms with Crippen LogP contribution in [0.2, 0.25) is 0 Å². The standard InChI is InChI=1S/C15H24N2OS/c1-3-4-9-16-15(18)11(2)17-13-6-5-7-14-12(13)8-10-19-14/h8,10-11,13,17H,3-7,9H2,1-2H3,(H,16,18). The Hall–Kier alpha value is -0.870. The summed E-state index contributed by atoms with van der Waals surface area (Å²) in [6.45, 7) is 4.88. The Morgan fingerprint density at radius 3 is 3.21 bits per heavy atom. The second-order valence-corrected chi connectivity index (χ2v) is 6.28. The first kappa shape index (κ1) is 14.5. The van der Waals surface area contributed by atoms with Gasteiger partial charge in [-0.15, -0.1) is 11.3 Å². The van der Waals surface area contributed by atoms with Gasteiger partial charge in [0.15, 0.2) is 0 Å². The van der Waals surface area contributed by atoms with Crippen LogP contribution in [0.5, 0.6) is 0 Å². The number of nitrogens with one attached hydrogen (secondary N) is 2. The SMILES string of the molecule is CCCCNC(=O)C(C)NC1CCCc2sccc21. The maximum Gasteiger partial charge on any atom is 0.236 e. The van der Waals surface area contributed by atoms with Crippen molar-refractivity contribution in [1.82, 2.24) is 10.6 Å². The summed E-state index contributed by atoms with van der Waals surface area (Å²) >= 11 is 1.84. The molecule has 1 amide bonds. The summed E-state index contributed by atoms with van der Waals surface area (Å²) in [4.78, 5) is 13.5. The zero-order valence-corrected chi connectivity index (χ0v) is 12.7. The van der Waals surface area contributed by atoms with E-state index in [0.29, 0.717) is 6.04 Å². The Labute approximate surface area is 119 Å². The molecule has 1 heterocycles. The van der Waals surface area contributed by atoms with Crippen LogP contribution in [0, 0.1) is 0 Å². The first-order valence-corrected chi connectivity index (χ1v) is 8.20. The number of thiophene rings is 1. The van der Waals surface area contributed by atoms with Crippen molar-refractivity contribution < 1.29 is 4.79 Å². The molecule has 0 spiro atoms. The zero-order valence-electron chi connectivity index (χ0n) is 11.9. The van der Waals surface area contributed by atoms with Gasteiger partial charge in [0.2, 0.25) is 5.91 Å². The van der Waals surface area contributed by atoms with E-state index in [2.05, 4.69) is 29.0 Å². The number of fused-ring (bicyclic) bond motifs is 1. The van der Waals surface area contributed by atoms with Crippen LogP contribution in [-0.4, -0.2) is 18.5 Å². The van der Waals surface area contributed by atoms with Crippen molar-refractivity contribution in [2.24, 2.45) is 0 Å². The molecule has 0 fully saturated rings. The number of hydrogen-bond acceptors (Lipinski definition) is 3. The molecule has 4 heteroatoms. The fourth-order valence-electron chi connectivity index (χ4n) is 2.58. The molecule has 0 aromatic carbocycles. The summed E-state index contributed by atoms with van der Waals surface area (Å²) in [5, 5.41) is 8.64. The highest BCUT2D eigenvalue weighted by Crippen LogP contribution is 2.33. The van der Waals surface area contributed by atoms with Gasteiger partial charge < -0.3 is 5.32 Å². The van der Waals surface area contributed by atoms with E-state index in [1.807, 2.05) is 18.3 Å². The minimum atomic E-state index is -0.118. The van der Waals surface area contributed by atoms with E-state index >= 15 is 0 Å². The molecule has 1 aliphatic rings. The van der Waals surface area contributed by atoms with E-state index in [4.69, 9.17) is 0 Å². The Morgan fingerprint density at radius 1 is 1.58 bits per heavy atom. The lowest BCUT2D eigenvalue weighted by atomic mass is 9.93. The predicted molar refractivity (Wildman–Crippen MR) is 80.5 cm³/mol. The molecule has 0 saturated heterocycles. The quantitative estimate of drug-likeness (QED) is 0.786. The zero-order chi connectivity index (χ0) is 13.7. The van der Waals surface area contributed by atoms with E-state index in [0.717, 1.165) is 25.8 Å². The van der Waals surface area contributed by atoms with Crippen molar-refractivity contribution in [3.63, 3.8) is 0 Å². The lowest BCUT2D eigenvalue weighted by Crippen LogP contribution is -2.44. The van der Waals surface area contributed by atoms with Crippen LogP contribution in [-0.2, 0) is 11.2 Å². The fraction of sp³-hybridized carbons (Fsp3) is 0.667. The highest BCUT2D eigenvalue weighted by atomic mass is 32.1. The van der Waals surface area contributed by atoms with E-state index in [9.17, 15) is 4.79 Å². The van der Waals surface area contributed by atoms with Crippen LogP contribution in [0.15, 0.2) is 11.4 Å². The van der Waals surface area contributed by atoms with Gasteiger partial charge >= 0.3 is 0 Å². The van der Waals surface area contributed by atoms with Gasteiger partial charge in [-0.3, -0.25) is 10.1 Å². The van der Waals surface area contributed by atoms with Crippen LogP contribution >= 0.6 is 11.3 Å². The lowest BCUT2D eigenvalue weighted by Gasteiger charge is -2.26. The Balaban J connectivity index is 1.86. The molecular formula is C15H24N2OS. The van der Waals surface area contributed by atoms with Crippen LogP contribution in [0.4, 0.5) is 0 Å². The molecule has 0 bridgehead atoms.